The van der Waals surface area contributed by atoms with Crippen LogP contribution in [-0.4, -0.2) is 57.6 Å². The molecule has 0 saturated heterocycles. The van der Waals surface area contributed by atoms with E-state index in [1.807, 2.05) is 5.55 Å². The fourth-order valence-electron chi connectivity index (χ4n) is 0.974. The van der Waals surface area contributed by atoms with E-state index >= 15 is 0 Å². The molecule has 4 nitrogen and oxygen atoms in total. The Balaban J connectivity index is 0.000000162. The van der Waals surface area contributed by atoms with Crippen molar-refractivity contribution in [3.63, 3.8) is 0 Å². The fraction of sp³-hybridized carbons (Fsp3) is 0.778. The molecular weight excluding hydrogens is 232 g/mol. The third kappa shape index (κ3) is 4.14. The summed E-state index contributed by atoms with van der Waals surface area (Å²) in [5, 5.41) is 17.5. The Morgan fingerprint density at radius 2 is 2.07 bits per heavy atom. The summed E-state index contributed by atoms with van der Waals surface area (Å²) < 4.78 is 0. The molecule has 0 aromatic carbocycles. The number of aliphatic hydroxyl groups is 2. The molecule has 0 aromatic heterocycles. The van der Waals surface area contributed by atoms with Gasteiger partial charge in [-0.3, -0.25) is 9.98 Å². The first-order valence-electron chi connectivity index (χ1n) is 4.73. The lowest BCUT2D eigenvalue weighted by atomic mass is 10.1. The molecule has 2 rings (SSSR count). The topological polar surface area (TPSA) is 65.2 Å². The van der Waals surface area contributed by atoms with Gasteiger partial charge in [-0.2, -0.15) is 0 Å². The van der Waals surface area contributed by atoms with E-state index < -0.39 is 5.54 Å². The number of rotatable bonds is 2. The second kappa shape index (κ2) is 6.52. The van der Waals surface area contributed by atoms with Gasteiger partial charge in [0.2, 0.25) is 0 Å². The molecule has 1 atom stereocenters. The Morgan fingerprint density at radius 3 is 2.27 bits per heavy atom. The molecule has 15 heavy (non-hydrogen) atoms. The zero-order chi connectivity index (χ0) is 11.1. The minimum absolute atomic E-state index is 0.0625. The van der Waals surface area contributed by atoms with Crippen molar-refractivity contribution in [3.05, 3.63) is 0 Å². The van der Waals surface area contributed by atoms with Gasteiger partial charge in [0.05, 0.1) is 30.3 Å². The highest BCUT2D eigenvalue weighted by molar-refractivity contribution is 8.12. The molecule has 0 bridgehead atoms. The van der Waals surface area contributed by atoms with Crippen LogP contribution in [0.2, 0.25) is 0 Å². The van der Waals surface area contributed by atoms with E-state index in [9.17, 15) is 0 Å². The highest BCUT2D eigenvalue weighted by Gasteiger charge is 2.30. The zero-order valence-electron chi connectivity index (χ0n) is 8.67. The van der Waals surface area contributed by atoms with Gasteiger partial charge in [0.1, 0.15) is 5.54 Å². The summed E-state index contributed by atoms with van der Waals surface area (Å²) in [6.45, 7) is 2.00. The number of hydrogen-bond acceptors (Lipinski definition) is 6. The van der Waals surface area contributed by atoms with Crippen LogP contribution in [0.5, 0.6) is 0 Å². The number of aliphatic hydroxyl groups excluding tert-OH is 2. The van der Waals surface area contributed by atoms with Crippen molar-refractivity contribution >= 4 is 34.6 Å². The molecule has 0 saturated carbocycles. The van der Waals surface area contributed by atoms with Gasteiger partial charge >= 0.3 is 0 Å². The minimum atomic E-state index is -0.579. The second-order valence-corrected chi connectivity index (χ2v) is 5.23. The van der Waals surface area contributed by atoms with E-state index in [1.54, 1.807) is 17.3 Å². The summed E-state index contributed by atoms with van der Waals surface area (Å²) in [4.78, 5) is 8.02. The van der Waals surface area contributed by atoms with Crippen LogP contribution in [0.1, 0.15) is 6.92 Å². The quantitative estimate of drug-likeness (QED) is 0.752. The van der Waals surface area contributed by atoms with Crippen molar-refractivity contribution in [2.45, 2.75) is 18.5 Å². The smallest absolute Gasteiger partial charge is 0.117 e. The molecule has 0 amide bonds. The molecule has 0 aliphatic carbocycles. The van der Waals surface area contributed by atoms with Gasteiger partial charge in [-0.25, -0.2) is 0 Å². The van der Waals surface area contributed by atoms with E-state index in [0.717, 1.165) is 0 Å². The molecule has 2 aliphatic rings. The van der Waals surface area contributed by atoms with Crippen molar-refractivity contribution in [3.8, 4) is 0 Å². The fourth-order valence-corrected chi connectivity index (χ4v) is 2.66. The molecule has 86 valence electrons. The van der Waals surface area contributed by atoms with Gasteiger partial charge in [0.15, 0.2) is 0 Å². The molecule has 0 spiro atoms. The third-order valence-corrected chi connectivity index (χ3v) is 3.97. The lowest BCUT2D eigenvalue weighted by Gasteiger charge is -2.18. The largest absolute Gasteiger partial charge is 0.394 e. The average Bonchev–Trinajstić information content (AvgIpc) is 2.90. The second-order valence-electron chi connectivity index (χ2n) is 3.52. The van der Waals surface area contributed by atoms with E-state index in [4.69, 9.17) is 10.2 Å². The molecule has 1 unspecified atom stereocenters. The van der Waals surface area contributed by atoms with E-state index in [0.29, 0.717) is 11.8 Å². The molecule has 2 heterocycles. The van der Waals surface area contributed by atoms with Crippen LogP contribution in [0.15, 0.2) is 9.98 Å². The first-order chi connectivity index (χ1) is 7.22. The summed E-state index contributed by atoms with van der Waals surface area (Å²) in [7, 11) is 0. The maximum Gasteiger partial charge on any atom is 0.117 e. The van der Waals surface area contributed by atoms with Gasteiger partial charge in [-0.1, -0.05) is 0 Å². The Bertz CT molecular complexity index is 242. The van der Waals surface area contributed by atoms with Crippen molar-refractivity contribution in [1.82, 2.24) is 0 Å². The molecule has 2 aliphatic heterocycles. The summed E-state index contributed by atoms with van der Waals surface area (Å²) in [6, 6.07) is 0.579. The summed E-state index contributed by atoms with van der Waals surface area (Å²) in [5.74, 6) is 1.88. The van der Waals surface area contributed by atoms with E-state index in [1.165, 1.54) is 17.5 Å². The first-order valence-corrected chi connectivity index (χ1v) is 6.82. The first kappa shape index (κ1) is 13.0. The van der Waals surface area contributed by atoms with E-state index in [-0.39, 0.29) is 13.2 Å². The van der Waals surface area contributed by atoms with Gasteiger partial charge in [-0.15, -0.1) is 23.5 Å². The van der Waals surface area contributed by atoms with Gasteiger partial charge < -0.3 is 10.2 Å². The van der Waals surface area contributed by atoms with Crippen LogP contribution in [0.25, 0.3) is 0 Å². The minimum Gasteiger partial charge on any atom is -0.394 e. The maximum atomic E-state index is 8.73. The van der Waals surface area contributed by atoms with Gasteiger partial charge in [-0.05, 0) is 6.92 Å². The predicted molar refractivity (Wildman–Crippen MR) is 68.3 cm³/mol. The SMILES string of the molecule is CC1CSC=N1.OCC1(CO)CSC=N1. The molecular formula is C9H16N2O2S2. The Labute approximate surface area is 98.3 Å². The molecule has 6 heteroatoms. The number of aliphatic imine (C=N–C) groups is 2. The van der Waals surface area contributed by atoms with Gasteiger partial charge in [0.25, 0.3) is 0 Å². The highest BCUT2D eigenvalue weighted by atomic mass is 32.2. The Morgan fingerprint density at radius 1 is 1.33 bits per heavy atom. The summed E-state index contributed by atoms with van der Waals surface area (Å²) in [6.07, 6.45) is 0. The van der Waals surface area contributed by atoms with Crippen LogP contribution >= 0.6 is 23.5 Å². The predicted octanol–water partition coefficient (Wildman–Crippen LogP) is 0.635. The molecule has 0 aromatic rings. The van der Waals surface area contributed by atoms with Crippen LogP contribution in [0.4, 0.5) is 0 Å². The molecule has 2 N–H and O–H groups in total. The zero-order valence-corrected chi connectivity index (χ0v) is 10.3. The average molecular weight is 248 g/mol. The third-order valence-electron chi connectivity index (χ3n) is 2.07. The number of hydrogen-bond donors (Lipinski definition) is 2. The summed E-state index contributed by atoms with van der Waals surface area (Å²) >= 11 is 3.31. The summed E-state index contributed by atoms with van der Waals surface area (Å²) in [5.41, 5.74) is 3.02. The highest BCUT2D eigenvalue weighted by Crippen LogP contribution is 2.22. The van der Waals surface area contributed by atoms with Crippen LogP contribution < -0.4 is 0 Å². The monoisotopic (exact) mass is 248 g/mol. The van der Waals surface area contributed by atoms with Crippen LogP contribution in [-0.2, 0) is 0 Å². The Kier molecular flexibility index (Phi) is 5.66. The van der Waals surface area contributed by atoms with Crippen molar-refractivity contribution < 1.29 is 10.2 Å². The number of thioether (sulfide) groups is 2. The lowest BCUT2D eigenvalue weighted by Crippen LogP contribution is -2.35. The number of nitrogens with zero attached hydrogens (tertiary/aromatic N) is 2. The standard InChI is InChI=1S/C5H9NO2S.C4H7NS/c7-1-5(2-8)3-9-4-6-5;1-4-2-6-3-5-4/h4,7-8H,1-3H2;3-4H,2H2,1H3. The van der Waals surface area contributed by atoms with Crippen molar-refractivity contribution in [1.29, 1.82) is 0 Å². The van der Waals surface area contributed by atoms with Crippen LogP contribution in [0, 0.1) is 0 Å². The van der Waals surface area contributed by atoms with Crippen molar-refractivity contribution in [2.24, 2.45) is 9.98 Å². The molecule has 0 fully saturated rings. The Hall–Kier alpha value is -0.0400. The maximum absolute atomic E-state index is 8.73. The van der Waals surface area contributed by atoms with E-state index in [2.05, 4.69) is 16.9 Å². The van der Waals surface area contributed by atoms with Gasteiger partial charge in [0, 0.05) is 11.5 Å². The van der Waals surface area contributed by atoms with Crippen LogP contribution in [0.3, 0.4) is 0 Å². The lowest BCUT2D eigenvalue weighted by molar-refractivity contribution is 0.140. The van der Waals surface area contributed by atoms with Crippen molar-refractivity contribution in [2.75, 3.05) is 24.7 Å². The molecule has 0 radical (unpaired) electrons. The normalized spacial score (nSPS) is 26.5.